The van der Waals surface area contributed by atoms with Gasteiger partial charge in [-0.2, -0.15) is 0 Å². The lowest BCUT2D eigenvalue weighted by Crippen LogP contribution is -2.47. The van der Waals surface area contributed by atoms with Gasteiger partial charge in [-0.25, -0.2) is 0 Å². The van der Waals surface area contributed by atoms with Crippen LogP contribution in [0.25, 0.3) is 0 Å². The maximum absolute atomic E-state index is 8.61. The van der Waals surface area contributed by atoms with Gasteiger partial charge in [-0.1, -0.05) is 19.0 Å². The van der Waals surface area contributed by atoms with Gasteiger partial charge in [0.25, 0.3) is 0 Å². The molecule has 0 heterocycles. The van der Waals surface area contributed by atoms with Gasteiger partial charge < -0.3 is 10.9 Å². The molecule has 0 radical (unpaired) electrons. The van der Waals surface area contributed by atoms with Crippen LogP contribution < -0.4 is 5.73 Å². The van der Waals surface area contributed by atoms with E-state index >= 15 is 0 Å². The van der Waals surface area contributed by atoms with E-state index in [1.165, 1.54) is 0 Å². The number of amidine groups is 1. The summed E-state index contributed by atoms with van der Waals surface area (Å²) >= 11 is 0. The molecule has 0 rings (SSSR count). The molecule has 1 atom stereocenters. The number of oxime groups is 1. The van der Waals surface area contributed by atoms with E-state index in [1.54, 1.807) is 0 Å². The predicted molar refractivity (Wildman–Crippen MR) is 59.6 cm³/mol. The lowest BCUT2D eigenvalue weighted by molar-refractivity contribution is 0.175. The SMILES string of the molecule is CC(C)CN(C(C)C)C(C)C(N)=NO. The monoisotopic (exact) mass is 201 g/mol. The van der Waals surface area contributed by atoms with Crippen LogP contribution in [0.5, 0.6) is 0 Å². The standard InChI is InChI=1S/C10H23N3O/c1-7(2)6-13(8(3)4)9(5)10(11)12-14/h7-9,14H,6H2,1-5H3,(H2,11,12). The highest BCUT2D eigenvalue weighted by Crippen LogP contribution is 2.09. The van der Waals surface area contributed by atoms with Gasteiger partial charge in [-0.05, 0) is 26.7 Å². The summed E-state index contributed by atoms with van der Waals surface area (Å²) in [6.07, 6.45) is 0. The third-order valence-electron chi connectivity index (χ3n) is 2.28. The Hall–Kier alpha value is -0.770. The average Bonchev–Trinajstić information content (AvgIpc) is 2.11. The van der Waals surface area contributed by atoms with Crippen molar-refractivity contribution in [2.45, 2.75) is 46.7 Å². The fourth-order valence-corrected chi connectivity index (χ4v) is 1.49. The summed E-state index contributed by atoms with van der Waals surface area (Å²) in [5, 5.41) is 11.7. The summed E-state index contributed by atoms with van der Waals surface area (Å²) < 4.78 is 0. The minimum absolute atomic E-state index is 0.0117. The maximum atomic E-state index is 8.61. The van der Waals surface area contributed by atoms with E-state index in [9.17, 15) is 0 Å². The molecule has 0 bridgehead atoms. The Morgan fingerprint density at radius 3 is 2.07 bits per heavy atom. The second kappa shape index (κ2) is 5.86. The van der Waals surface area contributed by atoms with Gasteiger partial charge in [0.1, 0.15) is 0 Å². The Bertz CT molecular complexity index is 190. The van der Waals surface area contributed by atoms with Gasteiger partial charge in [0.15, 0.2) is 5.84 Å². The summed E-state index contributed by atoms with van der Waals surface area (Å²) in [5.74, 6) is 0.852. The van der Waals surface area contributed by atoms with Gasteiger partial charge in [0, 0.05) is 12.6 Å². The van der Waals surface area contributed by atoms with Gasteiger partial charge in [-0.15, -0.1) is 0 Å². The summed E-state index contributed by atoms with van der Waals surface area (Å²) in [4.78, 5) is 2.22. The van der Waals surface area contributed by atoms with Gasteiger partial charge in [0.05, 0.1) is 6.04 Å². The molecular weight excluding hydrogens is 178 g/mol. The van der Waals surface area contributed by atoms with Crippen molar-refractivity contribution in [3.05, 3.63) is 0 Å². The molecule has 0 saturated carbocycles. The largest absolute Gasteiger partial charge is 0.409 e. The van der Waals surface area contributed by atoms with Crippen LogP contribution in [0.1, 0.15) is 34.6 Å². The van der Waals surface area contributed by atoms with Crippen molar-refractivity contribution in [2.24, 2.45) is 16.8 Å². The minimum Gasteiger partial charge on any atom is -0.409 e. The van der Waals surface area contributed by atoms with Crippen LogP contribution >= 0.6 is 0 Å². The smallest absolute Gasteiger partial charge is 0.156 e. The topological polar surface area (TPSA) is 61.8 Å². The van der Waals surface area contributed by atoms with E-state index in [0.29, 0.717) is 12.0 Å². The first kappa shape index (κ1) is 13.2. The average molecular weight is 201 g/mol. The van der Waals surface area contributed by atoms with Crippen LogP contribution in [0.4, 0.5) is 0 Å². The summed E-state index contributed by atoms with van der Waals surface area (Å²) in [6.45, 7) is 11.5. The molecule has 14 heavy (non-hydrogen) atoms. The van der Waals surface area contributed by atoms with Crippen LogP contribution in [0.2, 0.25) is 0 Å². The first-order valence-corrected chi connectivity index (χ1v) is 5.13. The van der Waals surface area contributed by atoms with Crippen molar-refractivity contribution in [2.75, 3.05) is 6.54 Å². The molecule has 0 fully saturated rings. The predicted octanol–water partition coefficient (Wildman–Crippen LogP) is 1.49. The van der Waals surface area contributed by atoms with E-state index in [1.807, 2.05) is 6.92 Å². The van der Waals surface area contributed by atoms with E-state index in [4.69, 9.17) is 10.9 Å². The fourth-order valence-electron chi connectivity index (χ4n) is 1.49. The Labute approximate surface area is 86.8 Å². The highest BCUT2D eigenvalue weighted by atomic mass is 16.4. The fraction of sp³-hybridized carbons (Fsp3) is 0.900. The number of nitrogens with zero attached hydrogens (tertiary/aromatic N) is 2. The third kappa shape index (κ3) is 3.96. The molecule has 1 unspecified atom stereocenters. The maximum Gasteiger partial charge on any atom is 0.156 e. The summed E-state index contributed by atoms with van der Waals surface area (Å²) in [6, 6.07) is 0.384. The summed E-state index contributed by atoms with van der Waals surface area (Å²) in [5.41, 5.74) is 5.59. The molecule has 84 valence electrons. The Morgan fingerprint density at radius 1 is 1.29 bits per heavy atom. The number of nitrogens with two attached hydrogens (primary N) is 1. The zero-order valence-corrected chi connectivity index (χ0v) is 9.86. The highest BCUT2D eigenvalue weighted by molar-refractivity contribution is 5.84. The zero-order chi connectivity index (χ0) is 11.3. The molecule has 0 spiro atoms. The van der Waals surface area contributed by atoms with Gasteiger partial charge in [-0.3, -0.25) is 4.90 Å². The molecule has 0 aromatic carbocycles. The molecule has 4 heteroatoms. The molecule has 0 amide bonds. The second-order valence-corrected chi connectivity index (χ2v) is 4.39. The van der Waals surface area contributed by atoms with Gasteiger partial charge in [0.2, 0.25) is 0 Å². The van der Waals surface area contributed by atoms with Crippen LogP contribution in [-0.2, 0) is 0 Å². The molecule has 0 aromatic heterocycles. The molecule has 4 nitrogen and oxygen atoms in total. The van der Waals surface area contributed by atoms with Crippen LogP contribution in [0, 0.1) is 5.92 Å². The van der Waals surface area contributed by atoms with Crippen LogP contribution in [0.3, 0.4) is 0 Å². The lowest BCUT2D eigenvalue weighted by atomic mass is 10.1. The first-order valence-electron chi connectivity index (χ1n) is 5.13. The van der Waals surface area contributed by atoms with E-state index in [2.05, 4.69) is 37.8 Å². The zero-order valence-electron chi connectivity index (χ0n) is 9.86. The first-order chi connectivity index (χ1) is 6.40. The Morgan fingerprint density at radius 2 is 1.79 bits per heavy atom. The van der Waals surface area contributed by atoms with Crippen molar-refractivity contribution >= 4 is 5.84 Å². The minimum atomic E-state index is -0.0117. The number of hydrogen-bond donors (Lipinski definition) is 2. The van der Waals surface area contributed by atoms with Crippen molar-refractivity contribution in [1.29, 1.82) is 0 Å². The Kier molecular flexibility index (Phi) is 5.53. The van der Waals surface area contributed by atoms with Crippen molar-refractivity contribution < 1.29 is 5.21 Å². The Balaban J connectivity index is 4.49. The van der Waals surface area contributed by atoms with Crippen molar-refractivity contribution in [3.63, 3.8) is 0 Å². The van der Waals surface area contributed by atoms with E-state index in [-0.39, 0.29) is 11.9 Å². The molecular formula is C10H23N3O. The molecule has 0 aliphatic heterocycles. The molecule has 3 N–H and O–H groups in total. The van der Waals surface area contributed by atoms with E-state index < -0.39 is 0 Å². The quantitative estimate of drug-likeness (QED) is 0.306. The van der Waals surface area contributed by atoms with Crippen LogP contribution in [0.15, 0.2) is 5.16 Å². The van der Waals surface area contributed by atoms with Crippen LogP contribution in [-0.4, -0.2) is 34.6 Å². The highest BCUT2D eigenvalue weighted by Gasteiger charge is 2.21. The number of rotatable bonds is 5. The van der Waals surface area contributed by atoms with Crippen molar-refractivity contribution in [1.82, 2.24) is 4.90 Å². The molecule has 0 aromatic rings. The van der Waals surface area contributed by atoms with E-state index in [0.717, 1.165) is 6.54 Å². The number of hydrogen-bond acceptors (Lipinski definition) is 3. The molecule has 0 aliphatic carbocycles. The van der Waals surface area contributed by atoms with Gasteiger partial charge >= 0.3 is 0 Å². The van der Waals surface area contributed by atoms with Crippen molar-refractivity contribution in [3.8, 4) is 0 Å². The third-order valence-corrected chi connectivity index (χ3v) is 2.28. The molecule has 0 saturated heterocycles. The molecule has 0 aliphatic rings. The summed E-state index contributed by atoms with van der Waals surface area (Å²) in [7, 11) is 0. The normalized spacial score (nSPS) is 15.6. The second-order valence-electron chi connectivity index (χ2n) is 4.39. The lowest BCUT2D eigenvalue weighted by Gasteiger charge is -2.33.